The maximum absolute atomic E-state index is 11.1. The Hall–Kier alpha value is -1.14. The summed E-state index contributed by atoms with van der Waals surface area (Å²) in [6, 6.07) is -1.15. The molecule has 4 N–H and O–H groups in total. The normalized spacial score (nSPS) is 29.5. The molecular weight excluding hydrogens is 162 g/mol. The smallest absolute Gasteiger partial charge is 0.245 e. The highest BCUT2D eigenvalue weighted by Crippen LogP contribution is 1.95. The second-order valence-electron chi connectivity index (χ2n) is 2.62. The van der Waals surface area contributed by atoms with Crippen LogP contribution < -0.4 is 16.5 Å². The van der Waals surface area contributed by atoms with Gasteiger partial charge in [-0.2, -0.15) is 0 Å². The van der Waals surface area contributed by atoms with Gasteiger partial charge in [-0.15, -0.1) is 0 Å². The zero-order valence-corrected chi connectivity index (χ0v) is 6.66. The van der Waals surface area contributed by atoms with Gasteiger partial charge >= 0.3 is 0 Å². The van der Waals surface area contributed by atoms with Gasteiger partial charge in [-0.1, -0.05) is 0 Å². The van der Waals surface area contributed by atoms with Crippen molar-refractivity contribution in [2.24, 2.45) is 5.90 Å². The van der Waals surface area contributed by atoms with E-state index in [9.17, 15) is 9.59 Å². The molecule has 0 radical (unpaired) electrons. The zero-order valence-electron chi connectivity index (χ0n) is 6.66. The molecule has 1 saturated heterocycles. The number of hydrogen-bond acceptors (Lipinski definition) is 4. The maximum Gasteiger partial charge on any atom is 0.245 e. The van der Waals surface area contributed by atoms with Gasteiger partial charge in [0.05, 0.1) is 6.61 Å². The van der Waals surface area contributed by atoms with Crippen molar-refractivity contribution in [2.45, 2.75) is 19.0 Å². The fourth-order valence-electron chi connectivity index (χ4n) is 0.955. The Morgan fingerprint density at radius 2 is 2.08 bits per heavy atom. The molecule has 1 heterocycles. The van der Waals surface area contributed by atoms with Crippen molar-refractivity contribution in [3.8, 4) is 0 Å². The molecular formula is C6H11N3O3. The van der Waals surface area contributed by atoms with E-state index in [1.54, 1.807) is 6.92 Å². The van der Waals surface area contributed by atoms with Gasteiger partial charge in [0, 0.05) is 0 Å². The standard InChI is InChI=1S/C6H11N3O3/c1-3-5(10)9-4(2-12-7)6(11)8-3/h3-4H,2,7H2,1H3,(H,8,11)(H,9,10). The summed E-state index contributed by atoms with van der Waals surface area (Å²) >= 11 is 0. The fraction of sp³-hybridized carbons (Fsp3) is 0.667. The molecule has 0 aliphatic carbocycles. The minimum atomic E-state index is -0.668. The third kappa shape index (κ3) is 1.72. The van der Waals surface area contributed by atoms with Gasteiger partial charge in [0.25, 0.3) is 0 Å². The molecule has 2 unspecified atom stereocenters. The second kappa shape index (κ2) is 3.51. The number of nitrogens with one attached hydrogen (secondary N) is 2. The van der Waals surface area contributed by atoms with Crippen LogP contribution in [0.1, 0.15) is 6.92 Å². The molecule has 0 spiro atoms. The van der Waals surface area contributed by atoms with E-state index in [4.69, 9.17) is 5.90 Å². The van der Waals surface area contributed by atoms with Gasteiger partial charge in [-0.25, -0.2) is 5.90 Å². The lowest BCUT2D eigenvalue weighted by Crippen LogP contribution is -2.62. The predicted octanol–water partition coefficient (Wildman–Crippen LogP) is -2.12. The number of hydrogen-bond donors (Lipinski definition) is 3. The first-order valence-corrected chi connectivity index (χ1v) is 3.57. The third-order valence-corrected chi connectivity index (χ3v) is 1.65. The number of amides is 2. The van der Waals surface area contributed by atoms with Crippen LogP contribution in [0.25, 0.3) is 0 Å². The van der Waals surface area contributed by atoms with Crippen LogP contribution in [0.3, 0.4) is 0 Å². The number of carbonyl (C=O) groups is 2. The molecule has 6 heteroatoms. The first-order chi connectivity index (χ1) is 5.65. The minimum Gasteiger partial charge on any atom is -0.343 e. The van der Waals surface area contributed by atoms with Crippen molar-refractivity contribution in [1.82, 2.24) is 10.6 Å². The second-order valence-corrected chi connectivity index (χ2v) is 2.62. The van der Waals surface area contributed by atoms with Gasteiger partial charge in [0.2, 0.25) is 11.8 Å². The molecule has 0 bridgehead atoms. The van der Waals surface area contributed by atoms with Crippen molar-refractivity contribution in [3.05, 3.63) is 0 Å². The Morgan fingerprint density at radius 3 is 2.67 bits per heavy atom. The van der Waals surface area contributed by atoms with Gasteiger partial charge in [-0.3, -0.25) is 9.59 Å². The van der Waals surface area contributed by atoms with Crippen LogP contribution >= 0.6 is 0 Å². The van der Waals surface area contributed by atoms with Crippen LogP contribution in [-0.2, 0) is 14.4 Å². The molecule has 0 aromatic rings. The van der Waals surface area contributed by atoms with E-state index in [0.717, 1.165) is 0 Å². The Kier molecular flexibility index (Phi) is 2.61. The molecule has 1 rings (SSSR count). The van der Waals surface area contributed by atoms with E-state index in [2.05, 4.69) is 15.5 Å². The summed E-state index contributed by atoms with van der Waals surface area (Å²) in [6.07, 6.45) is 0. The predicted molar refractivity (Wildman–Crippen MR) is 39.7 cm³/mol. The van der Waals surface area contributed by atoms with E-state index in [1.807, 2.05) is 0 Å². The molecule has 0 saturated carbocycles. The van der Waals surface area contributed by atoms with E-state index in [1.165, 1.54) is 0 Å². The number of carbonyl (C=O) groups excluding carboxylic acids is 2. The van der Waals surface area contributed by atoms with Crippen LogP contribution in [0, 0.1) is 0 Å². The third-order valence-electron chi connectivity index (χ3n) is 1.65. The fourth-order valence-corrected chi connectivity index (χ4v) is 0.955. The van der Waals surface area contributed by atoms with E-state index < -0.39 is 12.1 Å². The van der Waals surface area contributed by atoms with E-state index in [-0.39, 0.29) is 18.4 Å². The summed E-state index contributed by atoms with van der Waals surface area (Å²) in [7, 11) is 0. The summed E-state index contributed by atoms with van der Waals surface area (Å²) in [5, 5.41) is 4.94. The molecule has 1 aliphatic rings. The van der Waals surface area contributed by atoms with Crippen molar-refractivity contribution in [2.75, 3.05) is 6.61 Å². The minimum absolute atomic E-state index is 0.00963. The van der Waals surface area contributed by atoms with Crippen LogP contribution in [0.5, 0.6) is 0 Å². The largest absolute Gasteiger partial charge is 0.343 e. The summed E-state index contributed by atoms with van der Waals surface area (Å²) in [6.45, 7) is 1.59. The quantitative estimate of drug-likeness (QED) is 0.416. The van der Waals surface area contributed by atoms with Crippen molar-refractivity contribution in [3.63, 3.8) is 0 Å². The molecule has 1 fully saturated rings. The highest BCUT2D eigenvalue weighted by atomic mass is 16.6. The Balaban J connectivity index is 2.55. The molecule has 0 aromatic heterocycles. The lowest BCUT2D eigenvalue weighted by molar-refractivity contribution is -0.137. The van der Waals surface area contributed by atoms with E-state index in [0.29, 0.717) is 0 Å². The first kappa shape index (κ1) is 8.95. The maximum atomic E-state index is 11.1. The highest BCUT2D eigenvalue weighted by Gasteiger charge is 2.30. The molecule has 68 valence electrons. The SMILES string of the molecule is CC1NC(=O)C(CON)NC1=O. The highest BCUT2D eigenvalue weighted by molar-refractivity contribution is 5.96. The molecule has 6 nitrogen and oxygen atoms in total. The summed E-state index contributed by atoms with van der Waals surface area (Å²) < 4.78 is 0. The van der Waals surface area contributed by atoms with Gasteiger partial charge in [0.15, 0.2) is 0 Å². The monoisotopic (exact) mass is 173 g/mol. The molecule has 0 aromatic carbocycles. The van der Waals surface area contributed by atoms with E-state index >= 15 is 0 Å². The lowest BCUT2D eigenvalue weighted by Gasteiger charge is -2.26. The summed E-state index contributed by atoms with van der Waals surface area (Å²) in [5.74, 6) is 4.27. The van der Waals surface area contributed by atoms with Crippen molar-refractivity contribution < 1.29 is 14.4 Å². The molecule has 2 atom stereocenters. The van der Waals surface area contributed by atoms with Crippen LogP contribution in [-0.4, -0.2) is 30.5 Å². The summed E-state index contributed by atoms with van der Waals surface area (Å²) in [4.78, 5) is 26.3. The molecule has 2 amide bonds. The van der Waals surface area contributed by atoms with Gasteiger partial charge < -0.3 is 15.5 Å². The average Bonchev–Trinajstić information content (AvgIpc) is 2.01. The topological polar surface area (TPSA) is 93.4 Å². The lowest BCUT2D eigenvalue weighted by atomic mass is 10.1. The van der Waals surface area contributed by atoms with Gasteiger partial charge in [-0.05, 0) is 6.92 Å². The van der Waals surface area contributed by atoms with Crippen LogP contribution in [0.2, 0.25) is 0 Å². The zero-order chi connectivity index (χ0) is 9.14. The Labute approximate surface area is 69.4 Å². The number of rotatable bonds is 2. The Morgan fingerprint density at radius 1 is 1.42 bits per heavy atom. The Bertz CT molecular complexity index is 206. The van der Waals surface area contributed by atoms with Crippen LogP contribution in [0.15, 0.2) is 0 Å². The molecule has 1 aliphatic heterocycles. The van der Waals surface area contributed by atoms with Gasteiger partial charge in [0.1, 0.15) is 12.1 Å². The van der Waals surface area contributed by atoms with Crippen LogP contribution in [0.4, 0.5) is 0 Å². The van der Waals surface area contributed by atoms with Crippen molar-refractivity contribution >= 4 is 11.8 Å². The average molecular weight is 173 g/mol. The number of piperazine rings is 1. The van der Waals surface area contributed by atoms with Crippen molar-refractivity contribution in [1.29, 1.82) is 0 Å². The molecule has 12 heavy (non-hydrogen) atoms. The first-order valence-electron chi connectivity index (χ1n) is 3.57. The number of nitrogens with two attached hydrogens (primary N) is 1. The summed E-state index contributed by atoms with van der Waals surface area (Å²) in [5.41, 5.74) is 0.